The maximum absolute atomic E-state index is 11.2. The number of hydrogen-bond donors (Lipinski definition) is 1. The molecule has 0 saturated carbocycles. The van der Waals surface area contributed by atoms with E-state index in [9.17, 15) is 9.90 Å². The number of imidazole rings is 1. The van der Waals surface area contributed by atoms with Gasteiger partial charge in [0, 0.05) is 32.0 Å². The van der Waals surface area contributed by atoms with Gasteiger partial charge in [-0.2, -0.15) is 0 Å². The fourth-order valence-corrected chi connectivity index (χ4v) is 2.25. The van der Waals surface area contributed by atoms with Crippen molar-refractivity contribution in [3.05, 3.63) is 12.4 Å². The first-order chi connectivity index (χ1) is 8.07. The van der Waals surface area contributed by atoms with Gasteiger partial charge in [0.25, 0.3) is 0 Å². The van der Waals surface area contributed by atoms with Gasteiger partial charge in [-0.05, 0) is 26.7 Å². The van der Waals surface area contributed by atoms with Crippen LogP contribution in [0.4, 0.5) is 5.95 Å². The number of rotatable bonds is 3. The summed E-state index contributed by atoms with van der Waals surface area (Å²) in [5.74, 6) is 0.274. The molecule has 1 aliphatic rings. The number of hydrogen-bond acceptors (Lipinski definition) is 3. The molecule has 0 aromatic carbocycles. The van der Waals surface area contributed by atoms with E-state index in [0.29, 0.717) is 12.8 Å². The third kappa shape index (κ3) is 2.14. The molecule has 0 atom stereocenters. The lowest BCUT2D eigenvalue weighted by molar-refractivity contribution is -0.149. The van der Waals surface area contributed by atoms with Crippen molar-refractivity contribution in [2.45, 2.75) is 33.2 Å². The smallest absolute Gasteiger partial charge is 0.309 e. The second kappa shape index (κ2) is 4.39. The monoisotopic (exact) mass is 237 g/mol. The zero-order valence-electron chi connectivity index (χ0n) is 10.4. The Kier molecular flexibility index (Phi) is 3.09. The lowest BCUT2D eigenvalue weighted by Gasteiger charge is -2.37. The molecule has 1 saturated heterocycles. The fourth-order valence-electron chi connectivity index (χ4n) is 2.25. The first-order valence-electron chi connectivity index (χ1n) is 6.06. The number of piperidine rings is 1. The minimum Gasteiger partial charge on any atom is -0.481 e. The molecular weight excluding hydrogens is 218 g/mol. The fraction of sp³-hybridized carbons (Fsp3) is 0.667. The van der Waals surface area contributed by atoms with Gasteiger partial charge >= 0.3 is 5.97 Å². The predicted molar refractivity (Wildman–Crippen MR) is 65.1 cm³/mol. The number of carboxylic acid groups (broad SMARTS) is 1. The van der Waals surface area contributed by atoms with Crippen LogP contribution in [0, 0.1) is 5.41 Å². The number of anilines is 1. The van der Waals surface area contributed by atoms with Gasteiger partial charge < -0.3 is 14.6 Å². The normalized spacial score (nSPS) is 19.3. The highest BCUT2D eigenvalue weighted by Crippen LogP contribution is 2.32. The molecule has 2 rings (SSSR count). The number of aliphatic carboxylic acids is 1. The van der Waals surface area contributed by atoms with Crippen molar-refractivity contribution in [3.8, 4) is 0 Å². The van der Waals surface area contributed by atoms with E-state index in [0.717, 1.165) is 25.6 Å². The van der Waals surface area contributed by atoms with E-state index in [1.165, 1.54) is 0 Å². The lowest BCUT2D eigenvalue weighted by Crippen LogP contribution is -2.43. The summed E-state index contributed by atoms with van der Waals surface area (Å²) < 4.78 is 2.09. The molecule has 0 bridgehead atoms. The Bertz CT molecular complexity index is 406. The van der Waals surface area contributed by atoms with Crippen LogP contribution in [-0.4, -0.2) is 33.7 Å². The number of carbonyl (C=O) groups is 1. The maximum atomic E-state index is 11.2. The third-order valence-electron chi connectivity index (χ3n) is 3.70. The van der Waals surface area contributed by atoms with Gasteiger partial charge in [0.1, 0.15) is 0 Å². The molecule has 0 aliphatic carbocycles. The highest BCUT2D eigenvalue weighted by Gasteiger charge is 2.37. The summed E-state index contributed by atoms with van der Waals surface area (Å²) in [6.45, 7) is 6.33. The first kappa shape index (κ1) is 12.0. The molecule has 0 spiro atoms. The zero-order valence-corrected chi connectivity index (χ0v) is 10.4. The highest BCUT2D eigenvalue weighted by molar-refractivity contribution is 5.74. The van der Waals surface area contributed by atoms with Gasteiger partial charge in [-0.1, -0.05) is 0 Å². The molecule has 1 fully saturated rings. The van der Waals surface area contributed by atoms with Gasteiger partial charge in [-0.25, -0.2) is 4.98 Å². The third-order valence-corrected chi connectivity index (χ3v) is 3.70. The Balaban J connectivity index is 2.07. The van der Waals surface area contributed by atoms with E-state index < -0.39 is 11.4 Å². The van der Waals surface area contributed by atoms with Crippen LogP contribution in [0.15, 0.2) is 12.4 Å². The van der Waals surface area contributed by atoms with Crippen LogP contribution in [0.2, 0.25) is 0 Å². The van der Waals surface area contributed by atoms with Crippen molar-refractivity contribution >= 4 is 11.9 Å². The molecule has 1 aromatic rings. The van der Waals surface area contributed by atoms with Crippen LogP contribution in [0.3, 0.4) is 0 Å². The second-order valence-electron chi connectivity index (χ2n) is 4.87. The van der Waals surface area contributed by atoms with Crippen molar-refractivity contribution < 1.29 is 9.90 Å². The molecule has 94 valence electrons. The van der Waals surface area contributed by atoms with Crippen molar-refractivity contribution in [3.63, 3.8) is 0 Å². The Morgan fingerprint density at radius 1 is 1.53 bits per heavy atom. The molecule has 1 aliphatic heterocycles. The highest BCUT2D eigenvalue weighted by atomic mass is 16.4. The van der Waals surface area contributed by atoms with Gasteiger partial charge in [0.15, 0.2) is 0 Å². The van der Waals surface area contributed by atoms with E-state index in [1.807, 2.05) is 13.1 Å². The Morgan fingerprint density at radius 2 is 2.18 bits per heavy atom. The molecule has 1 N–H and O–H groups in total. The first-order valence-corrected chi connectivity index (χ1v) is 6.06. The van der Waals surface area contributed by atoms with E-state index in [-0.39, 0.29) is 0 Å². The van der Waals surface area contributed by atoms with E-state index in [4.69, 9.17) is 0 Å². The minimum atomic E-state index is -0.684. The van der Waals surface area contributed by atoms with Crippen LogP contribution in [-0.2, 0) is 11.3 Å². The standard InChI is InChI=1S/C12H19N3O2/c1-3-14-9-6-13-11(14)15-7-4-12(2,5-8-15)10(16)17/h6,9H,3-5,7-8H2,1-2H3,(H,16,17). The molecule has 2 heterocycles. The Labute approximate surface area is 101 Å². The summed E-state index contributed by atoms with van der Waals surface area (Å²) in [6.07, 6.45) is 5.11. The van der Waals surface area contributed by atoms with Crippen LogP contribution in [0.1, 0.15) is 26.7 Å². The number of carboxylic acids is 1. The number of aryl methyl sites for hydroxylation is 1. The molecule has 17 heavy (non-hydrogen) atoms. The molecule has 0 radical (unpaired) electrons. The van der Waals surface area contributed by atoms with Crippen molar-refractivity contribution in [1.29, 1.82) is 0 Å². The van der Waals surface area contributed by atoms with Crippen LogP contribution < -0.4 is 4.90 Å². The van der Waals surface area contributed by atoms with Gasteiger partial charge in [0.2, 0.25) is 5.95 Å². The van der Waals surface area contributed by atoms with Gasteiger partial charge in [0.05, 0.1) is 5.41 Å². The Morgan fingerprint density at radius 3 is 2.71 bits per heavy atom. The zero-order chi connectivity index (χ0) is 12.5. The SMILES string of the molecule is CCn1ccnc1N1CCC(C)(C(=O)O)CC1. The maximum Gasteiger partial charge on any atom is 0.309 e. The van der Waals surface area contributed by atoms with Crippen LogP contribution >= 0.6 is 0 Å². The van der Waals surface area contributed by atoms with E-state index >= 15 is 0 Å². The predicted octanol–water partition coefficient (Wildman–Crippen LogP) is 1.59. The summed E-state index contributed by atoms with van der Waals surface area (Å²) in [5.41, 5.74) is -0.569. The quantitative estimate of drug-likeness (QED) is 0.867. The van der Waals surface area contributed by atoms with E-state index in [2.05, 4.69) is 21.4 Å². The molecular formula is C12H19N3O2. The summed E-state index contributed by atoms with van der Waals surface area (Å²) in [6, 6.07) is 0. The molecule has 1 aromatic heterocycles. The van der Waals surface area contributed by atoms with Crippen molar-refractivity contribution in [2.24, 2.45) is 5.41 Å². The summed E-state index contributed by atoms with van der Waals surface area (Å²) in [4.78, 5) is 17.7. The summed E-state index contributed by atoms with van der Waals surface area (Å²) in [7, 11) is 0. The minimum absolute atomic E-state index is 0.569. The van der Waals surface area contributed by atoms with Crippen molar-refractivity contribution in [2.75, 3.05) is 18.0 Å². The van der Waals surface area contributed by atoms with Gasteiger partial charge in [-0.15, -0.1) is 0 Å². The van der Waals surface area contributed by atoms with Crippen molar-refractivity contribution in [1.82, 2.24) is 9.55 Å². The summed E-state index contributed by atoms with van der Waals surface area (Å²) >= 11 is 0. The lowest BCUT2D eigenvalue weighted by atomic mass is 9.80. The van der Waals surface area contributed by atoms with E-state index in [1.54, 1.807) is 6.20 Å². The largest absolute Gasteiger partial charge is 0.481 e. The topological polar surface area (TPSA) is 58.4 Å². The Hall–Kier alpha value is -1.52. The molecule has 5 nitrogen and oxygen atoms in total. The van der Waals surface area contributed by atoms with Crippen LogP contribution in [0.25, 0.3) is 0 Å². The number of nitrogens with zero attached hydrogens (tertiary/aromatic N) is 3. The second-order valence-corrected chi connectivity index (χ2v) is 4.87. The molecule has 5 heteroatoms. The average molecular weight is 237 g/mol. The summed E-state index contributed by atoms with van der Waals surface area (Å²) in [5, 5.41) is 9.18. The molecule has 0 unspecified atom stereocenters. The average Bonchev–Trinajstić information content (AvgIpc) is 2.78. The number of aromatic nitrogens is 2. The van der Waals surface area contributed by atoms with Gasteiger partial charge in [-0.3, -0.25) is 4.79 Å². The van der Waals surface area contributed by atoms with Crippen LogP contribution in [0.5, 0.6) is 0 Å². The molecule has 0 amide bonds.